The van der Waals surface area contributed by atoms with Crippen molar-refractivity contribution in [3.8, 4) is 11.5 Å². The zero-order chi connectivity index (χ0) is 16.7. The molecule has 2 rings (SSSR count). The fraction of sp³-hybridized carbons (Fsp3) is 0.400. The number of hydrogen-bond donors (Lipinski definition) is 1. The van der Waals surface area contributed by atoms with E-state index in [4.69, 9.17) is 10.5 Å². The first kappa shape index (κ1) is 17.5. The van der Waals surface area contributed by atoms with Crippen LogP contribution in [-0.4, -0.2) is 24.5 Å². The molecule has 0 aliphatic carbocycles. The first-order valence-corrected chi connectivity index (χ1v) is 8.52. The van der Waals surface area contributed by atoms with Crippen molar-refractivity contribution >= 4 is 0 Å². The largest absolute Gasteiger partial charge is 0.457 e. The molecule has 0 heterocycles. The monoisotopic (exact) mass is 312 g/mol. The Hall–Kier alpha value is -1.84. The van der Waals surface area contributed by atoms with Gasteiger partial charge in [0.1, 0.15) is 11.5 Å². The molecule has 0 amide bonds. The van der Waals surface area contributed by atoms with Crippen LogP contribution in [0.3, 0.4) is 0 Å². The minimum Gasteiger partial charge on any atom is -0.457 e. The number of rotatable bonds is 8. The summed E-state index contributed by atoms with van der Waals surface area (Å²) >= 11 is 0. The smallest absolute Gasteiger partial charge is 0.127 e. The van der Waals surface area contributed by atoms with Gasteiger partial charge in [0.15, 0.2) is 0 Å². The van der Waals surface area contributed by atoms with E-state index in [-0.39, 0.29) is 6.04 Å². The van der Waals surface area contributed by atoms with Crippen molar-refractivity contribution in [1.29, 1.82) is 0 Å². The lowest BCUT2D eigenvalue weighted by atomic mass is 10.1. The molecule has 124 valence electrons. The molecule has 3 nitrogen and oxygen atoms in total. The molecular formula is C20H28N2O. The molecule has 1 unspecified atom stereocenters. The Morgan fingerprint density at radius 2 is 1.39 bits per heavy atom. The number of nitrogens with two attached hydrogens (primary N) is 1. The number of likely N-dealkylation sites (N-methyl/N-ethyl adjacent to an activating group) is 1. The Labute approximate surface area is 140 Å². The lowest BCUT2D eigenvalue weighted by Gasteiger charge is -2.29. The molecule has 0 aliphatic heterocycles. The Morgan fingerprint density at radius 1 is 0.870 bits per heavy atom. The molecule has 2 aromatic carbocycles. The van der Waals surface area contributed by atoms with Crippen LogP contribution in [0.4, 0.5) is 0 Å². The van der Waals surface area contributed by atoms with Gasteiger partial charge in [0, 0.05) is 12.6 Å². The van der Waals surface area contributed by atoms with Crippen molar-refractivity contribution in [2.75, 3.05) is 19.6 Å². The van der Waals surface area contributed by atoms with Crippen molar-refractivity contribution < 1.29 is 4.74 Å². The number of ether oxygens (including phenoxy) is 1. The van der Waals surface area contributed by atoms with E-state index in [1.165, 1.54) is 11.1 Å². The fourth-order valence-corrected chi connectivity index (χ4v) is 2.85. The zero-order valence-corrected chi connectivity index (χ0v) is 14.5. The molecule has 3 heteroatoms. The summed E-state index contributed by atoms with van der Waals surface area (Å²) in [5.41, 5.74) is 8.53. The van der Waals surface area contributed by atoms with Gasteiger partial charge in [0.25, 0.3) is 0 Å². The van der Waals surface area contributed by atoms with E-state index in [0.29, 0.717) is 6.54 Å². The number of nitrogens with zero attached hydrogens (tertiary/aromatic N) is 1. The molecule has 0 radical (unpaired) electrons. The van der Waals surface area contributed by atoms with Gasteiger partial charge in [-0.25, -0.2) is 0 Å². The van der Waals surface area contributed by atoms with Crippen LogP contribution in [0.2, 0.25) is 0 Å². The molecule has 0 aliphatic rings. The Balaban J connectivity index is 2.08. The molecular weight excluding hydrogens is 284 g/mol. The van der Waals surface area contributed by atoms with E-state index < -0.39 is 0 Å². The second kappa shape index (κ2) is 8.70. The predicted molar refractivity (Wildman–Crippen MR) is 97.1 cm³/mol. The quantitative estimate of drug-likeness (QED) is 0.786. The van der Waals surface area contributed by atoms with Gasteiger partial charge in [0.2, 0.25) is 0 Å². The van der Waals surface area contributed by atoms with Gasteiger partial charge < -0.3 is 10.5 Å². The highest BCUT2D eigenvalue weighted by atomic mass is 16.5. The Morgan fingerprint density at radius 3 is 1.83 bits per heavy atom. The molecule has 0 saturated heterocycles. The lowest BCUT2D eigenvalue weighted by Crippen LogP contribution is -2.33. The summed E-state index contributed by atoms with van der Waals surface area (Å²) in [6.07, 6.45) is 1.04. The molecule has 2 aromatic rings. The molecule has 23 heavy (non-hydrogen) atoms. The summed E-state index contributed by atoms with van der Waals surface area (Å²) < 4.78 is 5.91. The third-order valence-corrected chi connectivity index (χ3v) is 4.31. The highest BCUT2D eigenvalue weighted by Crippen LogP contribution is 2.25. The van der Waals surface area contributed by atoms with Gasteiger partial charge in [0.05, 0.1) is 0 Å². The van der Waals surface area contributed by atoms with Gasteiger partial charge in [-0.3, -0.25) is 4.90 Å². The maximum atomic E-state index is 5.97. The third kappa shape index (κ3) is 4.57. The van der Waals surface area contributed by atoms with Crippen LogP contribution in [0.15, 0.2) is 48.5 Å². The molecule has 0 saturated carbocycles. The van der Waals surface area contributed by atoms with E-state index in [0.717, 1.165) is 31.0 Å². The summed E-state index contributed by atoms with van der Waals surface area (Å²) in [4.78, 5) is 2.37. The van der Waals surface area contributed by atoms with Crippen LogP contribution in [0, 0.1) is 0 Å². The summed E-state index contributed by atoms with van der Waals surface area (Å²) in [5.74, 6) is 1.72. The van der Waals surface area contributed by atoms with Crippen LogP contribution in [0.5, 0.6) is 11.5 Å². The van der Waals surface area contributed by atoms with Gasteiger partial charge >= 0.3 is 0 Å². The molecule has 2 N–H and O–H groups in total. The normalized spacial score (nSPS) is 12.4. The summed E-state index contributed by atoms with van der Waals surface area (Å²) in [7, 11) is 0. The van der Waals surface area contributed by atoms with Crippen molar-refractivity contribution in [2.45, 2.75) is 33.2 Å². The predicted octanol–water partition coefficient (Wildman–Crippen LogP) is 4.38. The van der Waals surface area contributed by atoms with Crippen LogP contribution in [-0.2, 0) is 6.42 Å². The molecule has 0 aromatic heterocycles. The lowest BCUT2D eigenvalue weighted by molar-refractivity contribution is 0.224. The summed E-state index contributed by atoms with van der Waals surface area (Å²) in [6.45, 7) is 9.12. The van der Waals surface area contributed by atoms with Crippen molar-refractivity contribution in [3.63, 3.8) is 0 Å². The molecule has 0 bridgehead atoms. The second-order valence-corrected chi connectivity index (χ2v) is 5.64. The van der Waals surface area contributed by atoms with Crippen molar-refractivity contribution in [1.82, 2.24) is 4.90 Å². The summed E-state index contributed by atoms with van der Waals surface area (Å²) in [5, 5.41) is 0. The van der Waals surface area contributed by atoms with E-state index in [2.05, 4.69) is 49.9 Å². The van der Waals surface area contributed by atoms with E-state index >= 15 is 0 Å². The highest BCUT2D eigenvalue weighted by molar-refractivity contribution is 5.35. The van der Waals surface area contributed by atoms with Crippen molar-refractivity contribution in [2.24, 2.45) is 5.73 Å². The molecule has 0 spiro atoms. The minimum absolute atomic E-state index is 0.267. The van der Waals surface area contributed by atoms with Crippen molar-refractivity contribution in [3.05, 3.63) is 59.7 Å². The van der Waals surface area contributed by atoms with Gasteiger partial charge in [-0.15, -0.1) is 0 Å². The molecule has 1 atom stereocenters. The zero-order valence-electron chi connectivity index (χ0n) is 14.5. The first-order chi connectivity index (χ1) is 11.2. The fourth-order valence-electron chi connectivity index (χ4n) is 2.85. The minimum atomic E-state index is 0.267. The Kier molecular flexibility index (Phi) is 6.63. The molecule has 0 fully saturated rings. The topological polar surface area (TPSA) is 38.5 Å². The third-order valence-electron chi connectivity index (χ3n) is 4.31. The SMILES string of the molecule is CCc1ccc(Oc2ccc(C(CN)N(CC)CC)cc2)cc1. The van der Waals surface area contributed by atoms with Crippen LogP contribution >= 0.6 is 0 Å². The van der Waals surface area contributed by atoms with Gasteiger partial charge in [-0.2, -0.15) is 0 Å². The van der Waals surface area contributed by atoms with E-state index in [1.807, 2.05) is 24.3 Å². The highest BCUT2D eigenvalue weighted by Gasteiger charge is 2.16. The standard InChI is InChI=1S/C20H28N2O/c1-4-16-7-11-18(12-8-16)23-19-13-9-17(10-14-19)20(15-21)22(5-2)6-3/h7-14,20H,4-6,15,21H2,1-3H3. The first-order valence-electron chi connectivity index (χ1n) is 8.52. The average molecular weight is 312 g/mol. The maximum Gasteiger partial charge on any atom is 0.127 e. The van der Waals surface area contributed by atoms with E-state index in [9.17, 15) is 0 Å². The van der Waals surface area contributed by atoms with Gasteiger partial charge in [-0.1, -0.05) is 45.0 Å². The summed E-state index contributed by atoms with van der Waals surface area (Å²) in [6, 6.07) is 16.8. The van der Waals surface area contributed by atoms with Crippen LogP contribution in [0.25, 0.3) is 0 Å². The van der Waals surface area contributed by atoms with Crippen LogP contribution < -0.4 is 10.5 Å². The average Bonchev–Trinajstić information content (AvgIpc) is 2.61. The van der Waals surface area contributed by atoms with Crippen LogP contribution in [0.1, 0.15) is 37.9 Å². The van der Waals surface area contributed by atoms with E-state index in [1.54, 1.807) is 0 Å². The maximum absolute atomic E-state index is 5.97. The Bertz CT molecular complexity index is 574. The number of hydrogen-bond acceptors (Lipinski definition) is 3. The number of benzene rings is 2. The number of aryl methyl sites for hydroxylation is 1. The second-order valence-electron chi connectivity index (χ2n) is 5.64. The van der Waals surface area contributed by atoms with Gasteiger partial charge in [-0.05, 0) is 54.9 Å².